The third-order valence-corrected chi connectivity index (χ3v) is 4.21. The molecule has 0 atom stereocenters. The lowest BCUT2D eigenvalue weighted by Crippen LogP contribution is -2.43. The summed E-state index contributed by atoms with van der Waals surface area (Å²) in [6.07, 6.45) is 2.40. The van der Waals surface area contributed by atoms with Gasteiger partial charge in [0.1, 0.15) is 0 Å². The first-order valence-corrected chi connectivity index (χ1v) is 6.99. The first-order chi connectivity index (χ1) is 8.61. The third kappa shape index (κ3) is 2.90. The summed E-state index contributed by atoms with van der Waals surface area (Å²) < 4.78 is 0. The van der Waals surface area contributed by atoms with Gasteiger partial charge in [-0.3, -0.25) is 0 Å². The van der Waals surface area contributed by atoms with Crippen LogP contribution in [0, 0.1) is 0 Å². The van der Waals surface area contributed by atoms with Gasteiger partial charge in [0.25, 0.3) is 0 Å². The fourth-order valence-electron chi connectivity index (χ4n) is 2.63. The smallest absolute Gasteiger partial charge is 0.0660 e. The van der Waals surface area contributed by atoms with E-state index >= 15 is 0 Å². The number of hydrogen-bond donors (Lipinski definition) is 1. The molecule has 1 heterocycles. The summed E-state index contributed by atoms with van der Waals surface area (Å²) in [5.74, 6) is 0. The molecule has 1 aliphatic rings. The van der Waals surface area contributed by atoms with Crippen molar-refractivity contribution in [1.82, 2.24) is 4.90 Å². The van der Waals surface area contributed by atoms with Gasteiger partial charge in [0.15, 0.2) is 0 Å². The number of piperidine rings is 1. The molecule has 0 amide bonds. The SMILES string of the molecule is CCN1CCC(N(C)c2ccc(N)cc2Cl)CC1. The second-order valence-corrected chi connectivity index (χ2v) is 5.39. The Labute approximate surface area is 115 Å². The number of nitrogens with two attached hydrogens (primary N) is 1. The number of anilines is 2. The van der Waals surface area contributed by atoms with Crippen molar-refractivity contribution >= 4 is 23.0 Å². The lowest BCUT2D eigenvalue weighted by Gasteiger charge is -2.37. The molecule has 1 aromatic carbocycles. The van der Waals surface area contributed by atoms with Crippen LogP contribution in [0.5, 0.6) is 0 Å². The molecule has 2 rings (SSSR count). The van der Waals surface area contributed by atoms with Gasteiger partial charge in [-0.05, 0) is 37.6 Å². The van der Waals surface area contributed by atoms with Crippen molar-refractivity contribution in [3.63, 3.8) is 0 Å². The zero-order valence-corrected chi connectivity index (χ0v) is 12.0. The molecule has 0 aromatic heterocycles. The number of likely N-dealkylation sites (tertiary alicyclic amines) is 1. The van der Waals surface area contributed by atoms with Gasteiger partial charge < -0.3 is 15.5 Å². The second kappa shape index (κ2) is 5.81. The number of nitrogens with zero attached hydrogens (tertiary/aromatic N) is 2. The van der Waals surface area contributed by atoms with Crippen molar-refractivity contribution in [3.05, 3.63) is 23.2 Å². The van der Waals surface area contributed by atoms with Crippen LogP contribution >= 0.6 is 11.6 Å². The van der Waals surface area contributed by atoms with E-state index in [-0.39, 0.29) is 0 Å². The first kappa shape index (κ1) is 13.5. The molecule has 100 valence electrons. The highest BCUT2D eigenvalue weighted by atomic mass is 35.5. The normalized spacial score (nSPS) is 17.9. The predicted molar refractivity (Wildman–Crippen MR) is 79.4 cm³/mol. The molecular formula is C14H22ClN3. The topological polar surface area (TPSA) is 32.5 Å². The molecule has 2 N–H and O–H groups in total. The van der Waals surface area contributed by atoms with E-state index in [9.17, 15) is 0 Å². The summed E-state index contributed by atoms with van der Waals surface area (Å²) in [5.41, 5.74) is 7.54. The van der Waals surface area contributed by atoms with Crippen molar-refractivity contribution in [2.24, 2.45) is 0 Å². The maximum absolute atomic E-state index is 6.27. The van der Waals surface area contributed by atoms with Gasteiger partial charge in [-0.15, -0.1) is 0 Å². The lowest BCUT2D eigenvalue weighted by atomic mass is 10.0. The quantitative estimate of drug-likeness (QED) is 0.855. The Morgan fingerprint density at radius 2 is 2.06 bits per heavy atom. The molecule has 1 aliphatic heterocycles. The molecule has 18 heavy (non-hydrogen) atoms. The maximum atomic E-state index is 6.27. The van der Waals surface area contributed by atoms with Crippen molar-refractivity contribution in [2.45, 2.75) is 25.8 Å². The van der Waals surface area contributed by atoms with Gasteiger partial charge >= 0.3 is 0 Å². The summed E-state index contributed by atoms with van der Waals surface area (Å²) >= 11 is 6.27. The lowest BCUT2D eigenvalue weighted by molar-refractivity contribution is 0.221. The van der Waals surface area contributed by atoms with Gasteiger partial charge in [0.2, 0.25) is 0 Å². The molecule has 0 unspecified atom stereocenters. The molecule has 0 aliphatic carbocycles. The summed E-state index contributed by atoms with van der Waals surface area (Å²) in [4.78, 5) is 4.80. The van der Waals surface area contributed by atoms with E-state index in [1.165, 1.54) is 25.9 Å². The fourth-order valence-corrected chi connectivity index (χ4v) is 2.95. The van der Waals surface area contributed by atoms with E-state index in [2.05, 4.69) is 23.8 Å². The Morgan fingerprint density at radius 1 is 1.39 bits per heavy atom. The fraction of sp³-hybridized carbons (Fsp3) is 0.571. The minimum absolute atomic E-state index is 0.578. The van der Waals surface area contributed by atoms with Gasteiger partial charge in [-0.25, -0.2) is 0 Å². The molecule has 0 spiro atoms. The number of benzene rings is 1. The Balaban J connectivity index is 2.05. The molecule has 3 nitrogen and oxygen atoms in total. The number of halogens is 1. The molecule has 1 saturated heterocycles. The molecule has 1 aromatic rings. The number of nitrogen functional groups attached to an aromatic ring is 1. The van der Waals surface area contributed by atoms with E-state index in [1.807, 2.05) is 18.2 Å². The highest BCUT2D eigenvalue weighted by Gasteiger charge is 2.22. The second-order valence-electron chi connectivity index (χ2n) is 4.99. The average molecular weight is 268 g/mol. The first-order valence-electron chi connectivity index (χ1n) is 6.62. The van der Waals surface area contributed by atoms with Gasteiger partial charge in [0, 0.05) is 31.9 Å². The van der Waals surface area contributed by atoms with E-state index in [1.54, 1.807) is 0 Å². The molecule has 0 bridgehead atoms. The third-order valence-electron chi connectivity index (χ3n) is 3.90. The maximum Gasteiger partial charge on any atom is 0.0660 e. The molecular weight excluding hydrogens is 246 g/mol. The van der Waals surface area contributed by atoms with Crippen LogP contribution in [0.25, 0.3) is 0 Å². The van der Waals surface area contributed by atoms with Gasteiger partial charge in [-0.1, -0.05) is 18.5 Å². The summed E-state index contributed by atoms with van der Waals surface area (Å²) in [6.45, 7) is 5.73. The Morgan fingerprint density at radius 3 is 2.61 bits per heavy atom. The zero-order chi connectivity index (χ0) is 13.1. The van der Waals surface area contributed by atoms with Crippen LogP contribution in [0.4, 0.5) is 11.4 Å². The van der Waals surface area contributed by atoms with Crippen LogP contribution in [0.2, 0.25) is 5.02 Å². The van der Waals surface area contributed by atoms with E-state index in [4.69, 9.17) is 17.3 Å². The predicted octanol–water partition coefficient (Wildman–Crippen LogP) is 2.84. The highest BCUT2D eigenvalue weighted by molar-refractivity contribution is 6.33. The molecule has 1 fully saturated rings. The minimum Gasteiger partial charge on any atom is -0.399 e. The summed E-state index contributed by atoms with van der Waals surface area (Å²) in [5, 5.41) is 0.746. The van der Waals surface area contributed by atoms with Gasteiger partial charge in [0.05, 0.1) is 10.7 Å². The number of hydrogen-bond acceptors (Lipinski definition) is 3. The van der Waals surface area contributed by atoms with Crippen LogP contribution in [0.1, 0.15) is 19.8 Å². The Bertz CT molecular complexity index is 400. The monoisotopic (exact) mass is 267 g/mol. The Kier molecular flexibility index (Phi) is 4.36. The summed E-state index contributed by atoms with van der Waals surface area (Å²) in [6, 6.07) is 6.34. The van der Waals surface area contributed by atoms with E-state index in [0.717, 1.165) is 22.9 Å². The molecule has 0 saturated carbocycles. The van der Waals surface area contributed by atoms with Crippen LogP contribution in [0.15, 0.2) is 18.2 Å². The minimum atomic E-state index is 0.578. The van der Waals surface area contributed by atoms with Crippen molar-refractivity contribution < 1.29 is 0 Å². The van der Waals surface area contributed by atoms with E-state index in [0.29, 0.717) is 6.04 Å². The summed E-state index contributed by atoms with van der Waals surface area (Å²) in [7, 11) is 2.13. The van der Waals surface area contributed by atoms with Crippen molar-refractivity contribution in [3.8, 4) is 0 Å². The molecule has 4 heteroatoms. The van der Waals surface area contributed by atoms with Crippen LogP contribution in [0.3, 0.4) is 0 Å². The van der Waals surface area contributed by atoms with Gasteiger partial charge in [-0.2, -0.15) is 0 Å². The zero-order valence-electron chi connectivity index (χ0n) is 11.2. The van der Waals surface area contributed by atoms with Crippen LogP contribution in [-0.2, 0) is 0 Å². The van der Waals surface area contributed by atoms with E-state index < -0.39 is 0 Å². The highest BCUT2D eigenvalue weighted by Crippen LogP contribution is 2.30. The van der Waals surface area contributed by atoms with Crippen LogP contribution < -0.4 is 10.6 Å². The standard InChI is InChI=1S/C14H22ClN3/c1-3-18-8-6-12(7-9-18)17(2)14-5-4-11(16)10-13(14)15/h4-5,10,12H,3,6-9,16H2,1-2H3. The van der Waals surface area contributed by atoms with Crippen LogP contribution in [-0.4, -0.2) is 37.6 Å². The largest absolute Gasteiger partial charge is 0.399 e. The van der Waals surface area contributed by atoms with Crippen molar-refractivity contribution in [1.29, 1.82) is 0 Å². The number of rotatable bonds is 3. The Hall–Kier alpha value is -0.930. The average Bonchev–Trinajstić information content (AvgIpc) is 2.38. The van der Waals surface area contributed by atoms with Crippen molar-refractivity contribution in [2.75, 3.05) is 37.3 Å². The molecule has 0 radical (unpaired) electrons.